The first-order valence-electron chi connectivity index (χ1n) is 6.20. The molecule has 0 atom stereocenters. The van der Waals surface area contributed by atoms with E-state index in [1.807, 2.05) is 39.0 Å². The van der Waals surface area contributed by atoms with Crippen LogP contribution in [-0.4, -0.2) is 4.57 Å². The third kappa shape index (κ3) is 5.22. The van der Waals surface area contributed by atoms with E-state index in [9.17, 15) is 4.79 Å². The third-order valence-corrected chi connectivity index (χ3v) is 2.00. The Morgan fingerprint density at radius 3 is 2.22 bits per heavy atom. The van der Waals surface area contributed by atoms with E-state index in [0.29, 0.717) is 0 Å². The van der Waals surface area contributed by atoms with Gasteiger partial charge in [-0.05, 0) is 18.0 Å². The summed E-state index contributed by atoms with van der Waals surface area (Å²) in [6.45, 7) is 10.2. The zero-order valence-electron chi connectivity index (χ0n) is 12.2. The second kappa shape index (κ2) is 10.1. The molecule has 0 amide bonds. The number of aromatic nitrogens is 2. The number of benzene rings is 1. The van der Waals surface area contributed by atoms with Gasteiger partial charge < -0.3 is 9.55 Å². The molecule has 1 aromatic heterocycles. The van der Waals surface area contributed by atoms with Gasteiger partial charge in [0.25, 0.3) is 0 Å². The van der Waals surface area contributed by atoms with Gasteiger partial charge in [-0.1, -0.05) is 64.9 Å². The number of hydrogen-bond acceptors (Lipinski definition) is 1. The maximum atomic E-state index is 11.1. The van der Waals surface area contributed by atoms with Gasteiger partial charge in [0, 0.05) is 21.1 Å². The first kappa shape index (κ1) is 19.5. The van der Waals surface area contributed by atoms with E-state index in [-0.39, 0.29) is 26.8 Å². The van der Waals surface area contributed by atoms with E-state index in [2.05, 4.69) is 18.8 Å². The van der Waals surface area contributed by atoms with Crippen LogP contribution in [0.1, 0.15) is 39.7 Å². The van der Waals surface area contributed by atoms with Crippen LogP contribution in [0.4, 0.5) is 0 Å². The maximum absolute atomic E-state index is 11.1. The van der Waals surface area contributed by atoms with Crippen LogP contribution in [0.3, 0.4) is 0 Å². The van der Waals surface area contributed by atoms with Gasteiger partial charge in [-0.2, -0.15) is 0 Å². The van der Waals surface area contributed by atoms with Crippen LogP contribution in [0.15, 0.2) is 23.0 Å². The zero-order chi connectivity index (χ0) is 13.4. The Morgan fingerprint density at radius 2 is 1.72 bits per heavy atom. The van der Waals surface area contributed by atoms with E-state index in [0.717, 1.165) is 16.6 Å². The largest absolute Gasteiger partial charge is 0.413 e. The first-order chi connectivity index (χ1) is 8.10. The van der Waals surface area contributed by atoms with E-state index in [4.69, 9.17) is 0 Å². The molecule has 0 unspecified atom stereocenters. The van der Waals surface area contributed by atoms with Crippen molar-refractivity contribution in [2.24, 2.45) is 7.05 Å². The number of imidazole rings is 1. The van der Waals surface area contributed by atoms with Crippen LogP contribution in [0, 0.1) is 6.92 Å². The van der Waals surface area contributed by atoms with Crippen LogP contribution in [0.2, 0.25) is 0 Å². The van der Waals surface area contributed by atoms with E-state index in [1.165, 1.54) is 6.42 Å². The molecule has 0 aliphatic rings. The first-order valence-corrected chi connectivity index (χ1v) is 6.20. The summed E-state index contributed by atoms with van der Waals surface area (Å²) in [4.78, 5) is 15.0. The zero-order valence-corrected chi connectivity index (χ0v) is 15.1. The van der Waals surface area contributed by atoms with Crippen LogP contribution in [0.5, 0.6) is 0 Å². The van der Waals surface area contributed by atoms with Crippen LogP contribution >= 0.6 is 0 Å². The molecule has 0 aliphatic carbocycles. The van der Waals surface area contributed by atoms with Crippen molar-refractivity contribution in [3.8, 4) is 0 Å². The standard InChI is InChI=1S/C9H10N2O.C3H8.C2H6.W/c1-6-3-4-7-8(5-6)11(2)9(12)10-7;1-3-2;1-2;/h3-5H,1-2H3,(H,10,12);3H2,1-2H3;1-2H3;/p-1. The molecule has 0 fully saturated rings. The van der Waals surface area contributed by atoms with Crippen molar-refractivity contribution < 1.29 is 21.1 Å². The quantitative estimate of drug-likeness (QED) is 0.658. The van der Waals surface area contributed by atoms with Gasteiger partial charge in [0.05, 0.1) is 0 Å². The van der Waals surface area contributed by atoms with Crippen molar-refractivity contribution in [2.75, 3.05) is 0 Å². The topological polar surface area (TPSA) is 36.1 Å². The molecular weight excluding hydrogens is 396 g/mol. The molecule has 0 saturated heterocycles. The van der Waals surface area contributed by atoms with Gasteiger partial charge in [-0.25, -0.2) is 0 Å². The molecule has 0 aliphatic heterocycles. The monoisotopic (exact) mass is 419 g/mol. The van der Waals surface area contributed by atoms with Crippen molar-refractivity contribution in [2.45, 2.75) is 41.0 Å². The molecule has 1 aromatic carbocycles. The van der Waals surface area contributed by atoms with E-state index >= 15 is 0 Å². The predicted octanol–water partition coefficient (Wildman–Crippen LogP) is 3.24. The summed E-state index contributed by atoms with van der Waals surface area (Å²) in [6.07, 6.45) is 1.25. The molecule has 0 N–H and O–H groups in total. The Morgan fingerprint density at radius 1 is 1.22 bits per heavy atom. The van der Waals surface area contributed by atoms with Crippen LogP contribution in [-0.2, 0) is 28.1 Å². The fourth-order valence-electron chi connectivity index (χ4n) is 1.28. The molecule has 2 rings (SSSR count). The van der Waals surface area contributed by atoms with Crippen molar-refractivity contribution in [3.05, 3.63) is 34.2 Å². The molecular formula is C14H23N2OW-. The summed E-state index contributed by atoms with van der Waals surface area (Å²) < 4.78 is 1.56. The second-order valence-corrected chi connectivity index (χ2v) is 3.65. The minimum absolute atomic E-state index is 0. The SMILES string of the molecule is CC.CCC.Cc1ccc2[n-]c(=O)n(C)c2c1.[W]. The number of aryl methyl sites for hydroxylation is 2. The molecule has 102 valence electrons. The van der Waals surface area contributed by atoms with Crippen molar-refractivity contribution in [3.63, 3.8) is 0 Å². The van der Waals surface area contributed by atoms with E-state index < -0.39 is 0 Å². The minimum Gasteiger partial charge on any atom is -0.413 e. The van der Waals surface area contributed by atoms with Gasteiger partial charge in [0.15, 0.2) is 5.69 Å². The molecule has 0 bridgehead atoms. The minimum atomic E-state index is -0.185. The summed E-state index contributed by atoms with van der Waals surface area (Å²) in [5.41, 5.74) is 2.63. The van der Waals surface area contributed by atoms with Crippen molar-refractivity contribution in [1.29, 1.82) is 0 Å². The summed E-state index contributed by atoms with van der Waals surface area (Å²) in [5.74, 6) is 0. The molecule has 0 radical (unpaired) electrons. The predicted molar refractivity (Wildman–Crippen MR) is 74.6 cm³/mol. The summed E-state index contributed by atoms with van der Waals surface area (Å²) >= 11 is 0. The smallest absolute Gasteiger partial charge is 0.162 e. The molecule has 2 aromatic rings. The Bertz CT molecular complexity index is 500. The van der Waals surface area contributed by atoms with Crippen molar-refractivity contribution in [1.82, 2.24) is 9.55 Å². The number of nitrogens with zero attached hydrogens (tertiary/aromatic N) is 2. The van der Waals surface area contributed by atoms with Crippen LogP contribution < -0.4 is 10.7 Å². The second-order valence-electron chi connectivity index (χ2n) is 3.65. The Balaban J connectivity index is 0. The van der Waals surface area contributed by atoms with E-state index in [1.54, 1.807) is 11.6 Å². The van der Waals surface area contributed by atoms with Gasteiger partial charge in [0.2, 0.25) is 0 Å². The molecule has 3 nitrogen and oxygen atoms in total. The van der Waals surface area contributed by atoms with Gasteiger partial charge in [-0.15, -0.1) is 0 Å². The maximum Gasteiger partial charge on any atom is 0.162 e. The average molecular weight is 419 g/mol. The van der Waals surface area contributed by atoms with Gasteiger partial charge >= 0.3 is 0 Å². The number of rotatable bonds is 0. The Kier molecular flexibility index (Phi) is 11.0. The molecule has 0 saturated carbocycles. The molecule has 1 heterocycles. The Hall–Kier alpha value is -0.822. The van der Waals surface area contributed by atoms with Crippen LogP contribution in [0.25, 0.3) is 11.0 Å². The fraction of sp³-hybridized carbons (Fsp3) is 0.500. The van der Waals surface area contributed by atoms with Gasteiger partial charge in [-0.3, -0.25) is 4.79 Å². The number of fused-ring (bicyclic) bond motifs is 1. The fourth-order valence-corrected chi connectivity index (χ4v) is 1.28. The number of hydrogen-bond donors (Lipinski definition) is 0. The molecule has 18 heavy (non-hydrogen) atoms. The normalized spacial score (nSPS) is 8.56. The summed E-state index contributed by atoms with van der Waals surface area (Å²) in [7, 11) is 1.73. The molecule has 0 spiro atoms. The Labute approximate surface area is 124 Å². The summed E-state index contributed by atoms with van der Waals surface area (Å²) in [5, 5.41) is 0. The summed E-state index contributed by atoms with van der Waals surface area (Å²) in [6, 6.07) is 5.78. The van der Waals surface area contributed by atoms with Crippen molar-refractivity contribution >= 4 is 11.0 Å². The average Bonchev–Trinajstić information content (AvgIpc) is 2.60. The van der Waals surface area contributed by atoms with Gasteiger partial charge in [0.1, 0.15) is 0 Å². The molecule has 4 heteroatoms. The third-order valence-electron chi connectivity index (χ3n) is 2.00.